The molecule has 2 saturated heterocycles. The van der Waals surface area contributed by atoms with Crippen LogP contribution >= 0.6 is 0 Å². The third-order valence-corrected chi connectivity index (χ3v) is 5.89. The van der Waals surface area contributed by atoms with Crippen molar-refractivity contribution in [3.8, 4) is 0 Å². The van der Waals surface area contributed by atoms with Gasteiger partial charge < -0.3 is 9.47 Å². The molecule has 0 saturated carbocycles. The maximum absolute atomic E-state index is 12.0. The van der Waals surface area contributed by atoms with Crippen molar-refractivity contribution in [1.29, 1.82) is 0 Å². The summed E-state index contributed by atoms with van der Waals surface area (Å²) in [5, 5.41) is 0. The van der Waals surface area contributed by atoms with Crippen LogP contribution in [0, 0.1) is 0 Å². The van der Waals surface area contributed by atoms with E-state index in [-0.39, 0.29) is 0 Å². The van der Waals surface area contributed by atoms with Crippen LogP contribution < -0.4 is 0 Å². The van der Waals surface area contributed by atoms with E-state index in [1.807, 2.05) is 0 Å². The molecule has 0 amide bonds. The highest BCUT2D eigenvalue weighted by molar-refractivity contribution is 7.91. The third kappa shape index (κ3) is 7.06. The first kappa shape index (κ1) is 17.1. The zero-order chi connectivity index (χ0) is 15.0. The van der Waals surface area contributed by atoms with E-state index < -0.39 is 9.84 Å². The summed E-state index contributed by atoms with van der Waals surface area (Å²) in [6, 6.07) is 0. The van der Waals surface area contributed by atoms with Crippen LogP contribution in [0.3, 0.4) is 0 Å². The molecule has 124 valence electrons. The minimum absolute atomic E-state index is 0.313. The van der Waals surface area contributed by atoms with Crippen molar-refractivity contribution < 1.29 is 17.9 Å². The molecule has 2 aliphatic rings. The first-order chi connectivity index (χ1) is 10.2. The Morgan fingerprint density at radius 2 is 1.10 bits per heavy atom. The Hall–Kier alpha value is -0.210. The lowest BCUT2D eigenvalue weighted by Gasteiger charge is -2.27. The van der Waals surface area contributed by atoms with Crippen molar-refractivity contribution in [3.05, 3.63) is 0 Å². The van der Waals surface area contributed by atoms with E-state index in [0.29, 0.717) is 11.5 Å². The SMILES string of the molecule is O=S(=O)(CCCN1CCOCC1)CCCN1CCOCC1. The minimum atomic E-state index is -2.90. The average molecular weight is 320 g/mol. The fourth-order valence-electron chi connectivity index (χ4n) is 2.77. The molecule has 0 aromatic rings. The number of sulfone groups is 1. The standard InChI is InChI=1S/C14H28N2O4S/c17-21(18,13-1-3-15-5-9-19-10-6-15)14-2-4-16-7-11-20-12-8-16/h1-14H2. The summed E-state index contributed by atoms with van der Waals surface area (Å²) in [6.45, 7) is 8.53. The summed E-state index contributed by atoms with van der Waals surface area (Å²) in [4.78, 5) is 4.57. The van der Waals surface area contributed by atoms with Crippen molar-refractivity contribution in [1.82, 2.24) is 9.80 Å². The van der Waals surface area contributed by atoms with E-state index in [9.17, 15) is 8.42 Å². The predicted molar refractivity (Wildman–Crippen MR) is 82.4 cm³/mol. The Balaban J connectivity index is 1.55. The van der Waals surface area contributed by atoms with Gasteiger partial charge in [-0.15, -0.1) is 0 Å². The van der Waals surface area contributed by atoms with Gasteiger partial charge in [-0.05, 0) is 25.9 Å². The predicted octanol–water partition coefficient (Wildman–Crippen LogP) is -0.154. The van der Waals surface area contributed by atoms with Crippen LogP contribution in [0.1, 0.15) is 12.8 Å². The van der Waals surface area contributed by atoms with Gasteiger partial charge in [-0.2, -0.15) is 0 Å². The second-order valence-electron chi connectivity index (χ2n) is 5.77. The smallest absolute Gasteiger partial charge is 0.150 e. The van der Waals surface area contributed by atoms with Crippen LogP contribution in [0.2, 0.25) is 0 Å². The Kier molecular flexibility index (Phi) is 7.39. The first-order valence-electron chi connectivity index (χ1n) is 7.96. The molecule has 2 rings (SSSR count). The molecule has 0 bridgehead atoms. The number of hydrogen-bond acceptors (Lipinski definition) is 6. The molecule has 2 heterocycles. The Morgan fingerprint density at radius 3 is 1.48 bits per heavy atom. The van der Waals surface area contributed by atoms with Crippen LogP contribution in [0.4, 0.5) is 0 Å². The summed E-state index contributed by atoms with van der Waals surface area (Å²) in [5.74, 6) is 0.626. The molecule has 7 heteroatoms. The van der Waals surface area contributed by atoms with Gasteiger partial charge in [-0.3, -0.25) is 9.80 Å². The van der Waals surface area contributed by atoms with Crippen molar-refractivity contribution in [2.45, 2.75) is 12.8 Å². The zero-order valence-electron chi connectivity index (χ0n) is 12.8. The number of rotatable bonds is 8. The van der Waals surface area contributed by atoms with Gasteiger partial charge in [0.25, 0.3) is 0 Å². The topological polar surface area (TPSA) is 59.1 Å². The quantitative estimate of drug-likeness (QED) is 0.620. The minimum Gasteiger partial charge on any atom is -0.379 e. The fraction of sp³-hybridized carbons (Fsp3) is 1.00. The summed E-state index contributed by atoms with van der Waals surface area (Å²) in [7, 11) is -2.90. The molecule has 21 heavy (non-hydrogen) atoms. The van der Waals surface area contributed by atoms with Gasteiger partial charge in [-0.25, -0.2) is 8.42 Å². The molecule has 0 aromatic heterocycles. The van der Waals surface area contributed by atoms with Gasteiger partial charge in [0.2, 0.25) is 0 Å². The normalized spacial score (nSPS) is 22.5. The number of nitrogens with zero attached hydrogens (tertiary/aromatic N) is 2. The highest BCUT2D eigenvalue weighted by Crippen LogP contribution is 2.04. The van der Waals surface area contributed by atoms with Gasteiger partial charge in [0.15, 0.2) is 0 Å². The molecule has 0 radical (unpaired) electrons. The van der Waals surface area contributed by atoms with Crippen molar-refractivity contribution >= 4 is 9.84 Å². The van der Waals surface area contributed by atoms with Gasteiger partial charge in [0.1, 0.15) is 9.84 Å². The second-order valence-corrected chi connectivity index (χ2v) is 8.07. The summed E-state index contributed by atoms with van der Waals surface area (Å²) < 4.78 is 34.6. The maximum Gasteiger partial charge on any atom is 0.150 e. The Bertz CT molecular complexity index is 346. The lowest BCUT2D eigenvalue weighted by molar-refractivity contribution is 0.0379. The van der Waals surface area contributed by atoms with E-state index >= 15 is 0 Å². The Labute approximate surface area is 128 Å². The number of morpholine rings is 2. The van der Waals surface area contributed by atoms with Crippen molar-refractivity contribution in [3.63, 3.8) is 0 Å². The van der Waals surface area contributed by atoms with Crippen LogP contribution in [-0.4, -0.2) is 95.4 Å². The molecule has 0 spiro atoms. The van der Waals surface area contributed by atoms with E-state index in [4.69, 9.17) is 9.47 Å². The molecule has 6 nitrogen and oxygen atoms in total. The highest BCUT2D eigenvalue weighted by atomic mass is 32.2. The molecule has 0 aliphatic carbocycles. The van der Waals surface area contributed by atoms with Gasteiger partial charge in [0, 0.05) is 26.2 Å². The molecule has 2 fully saturated rings. The number of ether oxygens (including phenoxy) is 2. The molecule has 0 atom stereocenters. The zero-order valence-corrected chi connectivity index (χ0v) is 13.7. The van der Waals surface area contributed by atoms with Crippen LogP contribution in [0.5, 0.6) is 0 Å². The van der Waals surface area contributed by atoms with E-state index in [1.54, 1.807) is 0 Å². The summed E-state index contributed by atoms with van der Waals surface area (Å²) >= 11 is 0. The largest absolute Gasteiger partial charge is 0.379 e. The third-order valence-electron chi connectivity index (χ3n) is 4.07. The van der Waals surface area contributed by atoms with Gasteiger partial charge >= 0.3 is 0 Å². The monoisotopic (exact) mass is 320 g/mol. The molecule has 0 aromatic carbocycles. The molecular formula is C14H28N2O4S. The van der Waals surface area contributed by atoms with Gasteiger partial charge in [-0.1, -0.05) is 0 Å². The summed E-state index contributed by atoms with van der Waals surface area (Å²) in [6.07, 6.45) is 1.47. The molecule has 2 aliphatic heterocycles. The van der Waals surface area contributed by atoms with Gasteiger partial charge in [0.05, 0.1) is 37.9 Å². The van der Waals surface area contributed by atoms with Crippen LogP contribution in [-0.2, 0) is 19.3 Å². The highest BCUT2D eigenvalue weighted by Gasteiger charge is 2.15. The lowest BCUT2D eigenvalue weighted by Crippen LogP contribution is -2.38. The molecule has 0 unspecified atom stereocenters. The van der Waals surface area contributed by atoms with Crippen LogP contribution in [0.25, 0.3) is 0 Å². The molecular weight excluding hydrogens is 292 g/mol. The number of hydrogen-bond donors (Lipinski definition) is 0. The van der Waals surface area contributed by atoms with E-state index in [2.05, 4.69) is 9.80 Å². The van der Waals surface area contributed by atoms with Crippen molar-refractivity contribution in [2.75, 3.05) is 77.2 Å². The molecule has 0 N–H and O–H groups in total. The average Bonchev–Trinajstić information content (AvgIpc) is 2.49. The maximum atomic E-state index is 12.0. The lowest BCUT2D eigenvalue weighted by atomic mass is 10.3. The summed E-state index contributed by atoms with van der Waals surface area (Å²) in [5.41, 5.74) is 0. The van der Waals surface area contributed by atoms with E-state index in [1.165, 1.54) is 0 Å². The Morgan fingerprint density at radius 1 is 0.714 bits per heavy atom. The van der Waals surface area contributed by atoms with Crippen molar-refractivity contribution in [2.24, 2.45) is 0 Å². The van der Waals surface area contributed by atoms with E-state index in [0.717, 1.165) is 78.5 Å². The fourth-order valence-corrected chi connectivity index (χ4v) is 4.11. The van der Waals surface area contributed by atoms with Crippen LogP contribution in [0.15, 0.2) is 0 Å². The first-order valence-corrected chi connectivity index (χ1v) is 9.78. The second kappa shape index (κ2) is 9.05.